The van der Waals surface area contributed by atoms with Crippen LogP contribution in [0.4, 0.5) is 11.4 Å². The summed E-state index contributed by atoms with van der Waals surface area (Å²) >= 11 is 0. The third-order valence-corrected chi connectivity index (χ3v) is 3.77. The van der Waals surface area contributed by atoms with Crippen molar-refractivity contribution in [2.45, 2.75) is 12.5 Å². The highest BCUT2D eigenvalue weighted by atomic mass is 15.2. The number of nitriles is 1. The Hall–Kier alpha value is -2.32. The summed E-state index contributed by atoms with van der Waals surface area (Å²) in [6.45, 7) is 2.09. The monoisotopic (exact) mass is 267 g/mol. The third kappa shape index (κ3) is 2.26. The van der Waals surface area contributed by atoms with E-state index in [1.54, 1.807) is 12.3 Å². The first kappa shape index (κ1) is 12.7. The number of aromatic nitrogens is 1. The molecule has 20 heavy (non-hydrogen) atoms. The molecule has 1 fully saturated rings. The first-order chi connectivity index (χ1) is 9.67. The molecular weight excluding hydrogens is 250 g/mol. The molecule has 0 spiro atoms. The first-order valence-electron chi connectivity index (χ1n) is 6.71. The average molecular weight is 267 g/mol. The highest BCUT2D eigenvalue weighted by molar-refractivity contribution is 5.97. The highest BCUT2D eigenvalue weighted by Crippen LogP contribution is 2.30. The van der Waals surface area contributed by atoms with Crippen LogP contribution in [0.15, 0.2) is 24.4 Å². The molecule has 1 saturated heterocycles. The van der Waals surface area contributed by atoms with E-state index in [1.807, 2.05) is 12.1 Å². The SMILES string of the molecule is CN1CCC(Nc2c(N)cnc3ccc(C#N)cc23)C1. The van der Waals surface area contributed by atoms with Gasteiger partial charge in [0.05, 0.1) is 34.7 Å². The summed E-state index contributed by atoms with van der Waals surface area (Å²) in [5.74, 6) is 0. The zero-order valence-corrected chi connectivity index (χ0v) is 11.4. The second kappa shape index (κ2) is 4.99. The predicted molar refractivity (Wildman–Crippen MR) is 80.4 cm³/mol. The van der Waals surface area contributed by atoms with Gasteiger partial charge >= 0.3 is 0 Å². The molecule has 1 aliphatic rings. The van der Waals surface area contributed by atoms with Gasteiger partial charge in [0.1, 0.15) is 0 Å². The number of likely N-dealkylation sites (N-methyl/N-ethyl adjacent to an activating group) is 1. The molecule has 102 valence electrons. The van der Waals surface area contributed by atoms with Crippen molar-refractivity contribution in [1.82, 2.24) is 9.88 Å². The Kier molecular flexibility index (Phi) is 3.17. The standard InChI is InChI=1S/C15H17N5/c1-20-5-4-11(9-20)19-15-12-6-10(7-16)2-3-14(12)18-8-13(15)17/h2-3,6,8,11H,4-5,9,17H2,1H3,(H,18,19). The summed E-state index contributed by atoms with van der Waals surface area (Å²) in [7, 11) is 2.11. The molecule has 1 aliphatic heterocycles. The Bertz CT molecular complexity index is 688. The molecule has 5 nitrogen and oxygen atoms in total. The van der Waals surface area contributed by atoms with E-state index in [1.165, 1.54) is 0 Å². The van der Waals surface area contributed by atoms with Gasteiger partial charge in [0, 0.05) is 18.0 Å². The van der Waals surface area contributed by atoms with Gasteiger partial charge in [-0.15, -0.1) is 0 Å². The van der Waals surface area contributed by atoms with Crippen LogP contribution < -0.4 is 11.1 Å². The van der Waals surface area contributed by atoms with Crippen LogP contribution in [0.1, 0.15) is 12.0 Å². The number of fused-ring (bicyclic) bond motifs is 1. The fourth-order valence-electron chi connectivity index (χ4n) is 2.70. The van der Waals surface area contributed by atoms with Crippen molar-refractivity contribution >= 4 is 22.3 Å². The molecule has 0 saturated carbocycles. The van der Waals surface area contributed by atoms with Gasteiger partial charge in [-0.2, -0.15) is 5.26 Å². The maximum Gasteiger partial charge on any atom is 0.0991 e. The molecule has 0 bridgehead atoms. The van der Waals surface area contributed by atoms with Crippen LogP contribution in [0.3, 0.4) is 0 Å². The number of nitrogens with one attached hydrogen (secondary N) is 1. The number of nitrogens with two attached hydrogens (primary N) is 1. The minimum atomic E-state index is 0.388. The minimum Gasteiger partial charge on any atom is -0.396 e. The van der Waals surface area contributed by atoms with Gasteiger partial charge in [-0.3, -0.25) is 4.98 Å². The molecule has 2 heterocycles. The van der Waals surface area contributed by atoms with Crippen LogP contribution in [-0.2, 0) is 0 Å². The average Bonchev–Trinajstić information content (AvgIpc) is 2.87. The Balaban J connectivity index is 2.03. The van der Waals surface area contributed by atoms with E-state index in [-0.39, 0.29) is 0 Å². The van der Waals surface area contributed by atoms with Gasteiger partial charge in [-0.25, -0.2) is 0 Å². The zero-order valence-electron chi connectivity index (χ0n) is 11.4. The summed E-state index contributed by atoms with van der Waals surface area (Å²) in [4.78, 5) is 6.61. The number of nitrogens with zero attached hydrogens (tertiary/aromatic N) is 3. The lowest BCUT2D eigenvalue weighted by atomic mass is 10.1. The van der Waals surface area contributed by atoms with E-state index >= 15 is 0 Å². The summed E-state index contributed by atoms with van der Waals surface area (Å²) in [5, 5.41) is 13.5. The topological polar surface area (TPSA) is 78.0 Å². The Morgan fingerprint density at radius 1 is 1.50 bits per heavy atom. The van der Waals surface area contributed by atoms with E-state index in [9.17, 15) is 0 Å². The number of benzene rings is 1. The summed E-state index contributed by atoms with van der Waals surface area (Å²) < 4.78 is 0. The van der Waals surface area contributed by atoms with Gasteiger partial charge in [0.15, 0.2) is 0 Å². The fraction of sp³-hybridized carbons (Fsp3) is 0.333. The van der Waals surface area contributed by atoms with Crippen LogP contribution in [0, 0.1) is 11.3 Å². The highest BCUT2D eigenvalue weighted by Gasteiger charge is 2.20. The molecule has 3 N–H and O–H groups in total. The number of likely N-dealkylation sites (tertiary alicyclic amines) is 1. The maximum absolute atomic E-state index is 9.05. The number of nitrogen functional groups attached to an aromatic ring is 1. The Morgan fingerprint density at radius 2 is 2.35 bits per heavy atom. The van der Waals surface area contributed by atoms with Crippen molar-refractivity contribution in [3.63, 3.8) is 0 Å². The molecular formula is C15H17N5. The molecule has 0 amide bonds. The third-order valence-electron chi connectivity index (χ3n) is 3.77. The quantitative estimate of drug-likeness (QED) is 0.867. The molecule has 1 aromatic heterocycles. The van der Waals surface area contributed by atoms with E-state index in [0.717, 1.165) is 36.1 Å². The molecule has 3 rings (SSSR count). The molecule has 1 unspecified atom stereocenters. The van der Waals surface area contributed by atoms with Gasteiger partial charge in [0.25, 0.3) is 0 Å². The molecule has 5 heteroatoms. The number of anilines is 2. The van der Waals surface area contributed by atoms with E-state index < -0.39 is 0 Å². The normalized spacial score (nSPS) is 19.1. The molecule has 1 atom stereocenters. The largest absolute Gasteiger partial charge is 0.396 e. The van der Waals surface area contributed by atoms with Crippen molar-refractivity contribution in [1.29, 1.82) is 5.26 Å². The number of hydrogen-bond donors (Lipinski definition) is 2. The van der Waals surface area contributed by atoms with Gasteiger partial charge < -0.3 is 16.0 Å². The van der Waals surface area contributed by atoms with Crippen LogP contribution in [0.2, 0.25) is 0 Å². The van der Waals surface area contributed by atoms with Gasteiger partial charge in [-0.05, 0) is 38.2 Å². The lowest BCUT2D eigenvalue weighted by Crippen LogP contribution is -2.24. The Morgan fingerprint density at radius 3 is 3.05 bits per heavy atom. The lowest BCUT2D eigenvalue weighted by Gasteiger charge is -2.17. The molecule has 0 radical (unpaired) electrons. The predicted octanol–water partition coefficient (Wildman–Crippen LogP) is 1.80. The van der Waals surface area contributed by atoms with Crippen LogP contribution >= 0.6 is 0 Å². The second-order valence-electron chi connectivity index (χ2n) is 5.32. The zero-order chi connectivity index (χ0) is 14.1. The summed E-state index contributed by atoms with van der Waals surface area (Å²) in [6, 6.07) is 8.03. The van der Waals surface area contributed by atoms with Crippen LogP contribution in [0.5, 0.6) is 0 Å². The van der Waals surface area contributed by atoms with E-state index in [4.69, 9.17) is 11.0 Å². The fourth-order valence-corrected chi connectivity index (χ4v) is 2.70. The first-order valence-corrected chi connectivity index (χ1v) is 6.71. The summed E-state index contributed by atoms with van der Waals surface area (Å²) in [5.41, 5.74) is 9.07. The number of rotatable bonds is 2. The van der Waals surface area contributed by atoms with Crippen molar-refractivity contribution in [3.8, 4) is 6.07 Å². The van der Waals surface area contributed by atoms with Crippen molar-refractivity contribution in [2.75, 3.05) is 31.2 Å². The number of hydrogen-bond acceptors (Lipinski definition) is 5. The molecule has 2 aromatic rings. The van der Waals surface area contributed by atoms with Crippen molar-refractivity contribution in [2.24, 2.45) is 0 Å². The molecule has 1 aromatic carbocycles. The molecule has 0 aliphatic carbocycles. The van der Waals surface area contributed by atoms with Crippen molar-refractivity contribution < 1.29 is 0 Å². The lowest BCUT2D eigenvalue weighted by molar-refractivity contribution is 0.414. The number of pyridine rings is 1. The van der Waals surface area contributed by atoms with Crippen LogP contribution in [-0.4, -0.2) is 36.1 Å². The van der Waals surface area contributed by atoms with Gasteiger partial charge in [-0.1, -0.05) is 0 Å². The second-order valence-corrected chi connectivity index (χ2v) is 5.32. The summed E-state index contributed by atoms with van der Waals surface area (Å²) in [6.07, 6.45) is 2.77. The van der Waals surface area contributed by atoms with Gasteiger partial charge in [0.2, 0.25) is 0 Å². The Labute approximate surface area is 118 Å². The van der Waals surface area contributed by atoms with Crippen LogP contribution in [0.25, 0.3) is 10.9 Å². The smallest absolute Gasteiger partial charge is 0.0991 e. The van der Waals surface area contributed by atoms with E-state index in [2.05, 4.69) is 28.3 Å². The maximum atomic E-state index is 9.05. The van der Waals surface area contributed by atoms with E-state index in [0.29, 0.717) is 17.3 Å². The van der Waals surface area contributed by atoms with Crippen molar-refractivity contribution in [3.05, 3.63) is 30.0 Å². The minimum absolute atomic E-state index is 0.388.